The Morgan fingerprint density at radius 1 is 0.852 bits per heavy atom. The second-order valence-electron chi connectivity index (χ2n) is 5.33. The van der Waals surface area contributed by atoms with Gasteiger partial charge in [-0.05, 0) is 31.0 Å². The lowest BCUT2D eigenvalue weighted by molar-refractivity contribution is -0.147. The highest BCUT2D eigenvalue weighted by molar-refractivity contribution is 9.09. The maximum Gasteiger partial charge on any atom is 0.416 e. The minimum absolute atomic E-state index is 0.0817. The minimum Gasteiger partial charge on any atom is -0.466 e. The average Bonchev–Trinajstić information content (AvgIpc) is 2.55. The van der Waals surface area contributed by atoms with E-state index < -0.39 is 54.0 Å². The summed E-state index contributed by atoms with van der Waals surface area (Å²) in [7, 11) is 0. The molecule has 0 saturated heterocycles. The van der Waals surface area contributed by atoms with E-state index in [1.807, 2.05) is 0 Å². The van der Waals surface area contributed by atoms with E-state index >= 15 is 0 Å². The third-order valence-electron chi connectivity index (χ3n) is 3.12. The molecule has 0 aliphatic heterocycles. The number of carbonyl (C=O) groups is 2. The number of unbranched alkanes of at least 4 members (excludes halogenated alkanes) is 1. The Kier molecular flexibility index (Phi) is 8.58. The van der Waals surface area contributed by atoms with Crippen LogP contribution in [0.5, 0.6) is 5.75 Å². The van der Waals surface area contributed by atoms with Crippen LogP contribution in [0.1, 0.15) is 36.8 Å². The molecular formula is C16H15BrF6O4. The molecule has 0 radical (unpaired) electrons. The summed E-state index contributed by atoms with van der Waals surface area (Å²) >= 11 is 3.19. The van der Waals surface area contributed by atoms with E-state index in [0.29, 0.717) is 6.42 Å². The van der Waals surface area contributed by atoms with Gasteiger partial charge in [0.25, 0.3) is 0 Å². The molecule has 0 fully saturated rings. The molecule has 1 aromatic carbocycles. The molecule has 11 heteroatoms. The Hall–Kier alpha value is -1.78. The van der Waals surface area contributed by atoms with Gasteiger partial charge in [-0.3, -0.25) is 9.59 Å². The third kappa shape index (κ3) is 8.63. The Balaban J connectivity index is 2.71. The number of halogens is 7. The fourth-order valence-corrected chi connectivity index (χ4v) is 2.22. The fourth-order valence-electron chi connectivity index (χ4n) is 1.83. The second kappa shape index (κ2) is 9.95. The molecule has 0 bridgehead atoms. The van der Waals surface area contributed by atoms with Gasteiger partial charge in [0, 0.05) is 5.33 Å². The zero-order valence-electron chi connectivity index (χ0n) is 13.8. The van der Waals surface area contributed by atoms with Crippen molar-refractivity contribution in [2.45, 2.75) is 38.0 Å². The van der Waals surface area contributed by atoms with Gasteiger partial charge in [-0.25, -0.2) is 0 Å². The predicted molar refractivity (Wildman–Crippen MR) is 85.3 cm³/mol. The average molecular weight is 465 g/mol. The van der Waals surface area contributed by atoms with Gasteiger partial charge >= 0.3 is 24.3 Å². The molecule has 1 rings (SSSR count). The molecule has 152 valence electrons. The first-order chi connectivity index (χ1) is 12.4. The Morgan fingerprint density at radius 2 is 1.37 bits per heavy atom. The maximum atomic E-state index is 12.7. The zero-order valence-corrected chi connectivity index (χ0v) is 15.3. The van der Waals surface area contributed by atoms with Crippen LogP contribution in [-0.2, 0) is 26.7 Å². The van der Waals surface area contributed by atoms with Crippen molar-refractivity contribution in [2.75, 3.05) is 11.9 Å². The minimum atomic E-state index is -5.05. The number of alkyl halides is 7. The van der Waals surface area contributed by atoms with Crippen LogP contribution < -0.4 is 4.74 Å². The van der Waals surface area contributed by atoms with Crippen LogP contribution in [0.2, 0.25) is 0 Å². The van der Waals surface area contributed by atoms with Crippen LogP contribution in [0, 0.1) is 0 Å². The molecular weight excluding hydrogens is 450 g/mol. The first-order valence-corrected chi connectivity index (χ1v) is 8.77. The van der Waals surface area contributed by atoms with Gasteiger partial charge in [0.15, 0.2) is 0 Å². The normalized spacial score (nSPS) is 12.0. The monoisotopic (exact) mass is 464 g/mol. The lowest BCUT2D eigenvalue weighted by Crippen LogP contribution is -2.15. The Labute approximate surface area is 158 Å². The zero-order chi connectivity index (χ0) is 20.7. The van der Waals surface area contributed by atoms with Crippen molar-refractivity contribution < 1.29 is 45.4 Å². The highest BCUT2D eigenvalue weighted by Crippen LogP contribution is 2.38. The summed E-state index contributed by atoms with van der Waals surface area (Å²) in [6.45, 7) is 0.141. The number of ether oxygens (including phenoxy) is 2. The third-order valence-corrected chi connectivity index (χ3v) is 3.68. The van der Waals surface area contributed by atoms with Crippen molar-refractivity contribution >= 4 is 27.9 Å². The topological polar surface area (TPSA) is 52.6 Å². The van der Waals surface area contributed by atoms with Crippen molar-refractivity contribution in [2.24, 2.45) is 0 Å². The van der Waals surface area contributed by atoms with E-state index in [2.05, 4.69) is 20.7 Å². The molecule has 0 amide bonds. The first kappa shape index (κ1) is 23.3. The molecule has 27 heavy (non-hydrogen) atoms. The maximum absolute atomic E-state index is 12.7. The molecule has 4 nitrogen and oxygen atoms in total. The highest BCUT2D eigenvalue weighted by atomic mass is 79.9. The Bertz CT molecular complexity index is 625. The van der Waals surface area contributed by atoms with Gasteiger partial charge in [0.2, 0.25) is 0 Å². The summed E-state index contributed by atoms with van der Waals surface area (Å²) in [5.41, 5.74) is -3.21. The summed E-state index contributed by atoms with van der Waals surface area (Å²) in [5, 5.41) is 0.730. The molecule has 0 spiro atoms. The van der Waals surface area contributed by atoms with Gasteiger partial charge in [-0.15, -0.1) is 0 Å². The number of carbonyl (C=O) groups excluding carboxylic acids is 2. The van der Waals surface area contributed by atoms with Crippen LogP contribution in [0.4, 0.5) is 26.3 Å². The molecule has 0 N–H and O–H groups in total. The molecule has 0 heterocycles. The summed E-state index contributed by atoms with van der Waals surface area (Å²) in [5.74, 6) is -2.78. The van der Waals surface area contributed by atoms with Gasteiger partial charge in [0.05, 0.1) is 30.6 Å². The van der Waals surface area contributed by atoms with Gasteiger partial charge in [-0.1, -0.05) is 15.9 Å². The number of hydrogen-bond donors (Lipinski definition) is 0. The SMILES string of the molecule is O=C(CCC(=O)Oc1cc(C(F)(F)F)cc(C(F)(F)F)c1)OCCCCBr. The lowest BCUT2D eigenvalue weighted by atomic mass is 10.1. The highest BCUT2D eigenvalue weighted by Gasteiger charge is 2.37. The lowest BCUT2D eigenvalue weighted by Gasteiger charge is -2.14. The smallest absolute Gasteiger partial charge is 0.416 e. The standard InChI is InChI=1S/C16H15BrF6O4/c17-5-1-2-6-26-13(24)3-4-14(25)27-12-8-10(15(18,19)20)7-11(9-12)16(21,22)23/h7-9H,1-6H2. The van der Waals surface area contributed by atoms with Crippen molar-refractivity contribution in [1.82, 2.24) is 0 Å². The van der Waals surface area contributed by atoms with Crippen molar-refractivity contribution in [3.63, 3.8) is 0 Å². The van der Waals surface area contributed by atoms with E-state index in [1.165, 1.54) is 0 Å². The molecule has 0 saturated carbocycles. The van der Waals surface area contributed by atoms with Gasteiger partial charge < -0.3 is 9.47 Å². The fraction of sp³-hybridized carbons (Fsp3) is 0.500. The molecule has 0 aliphatic carbocycles. The Morgan fingerprint density at radius 3 is 1.85 bits per heavy atom. The van der Waals surface area contributed by atoms with Gasteiger partial charge in [-0.2, -0.15) is 26.3 Å². The molecule has 0 aromatic heterocycles. The predicted octanol–water partition coefficient (Wildman–Crippen LogP) is 5.13. The van der Waals surface area contributed by atoms with Crippen molar-refractivity contribution in [1.29, 1.82) is 0 Å². The number of benzene rings is 1. The van der Waals surface area contributed by atoms with Crippen LogP contribution in [0.15, 0.2) is 18.2 Å². The van der Waals surface area contributed by atoms with Crippen LogP contribution in [0.25, 0.3) is 0 Å². The number of esters is 2. The van der Waals surface area contributed by atoms with E-state index in [9.17, 15) is 35.9 Å². The van der Waals surface area contributed by atoms with E-state index in [4.69, 9.17) is 4.74 Å². The summed E-state index contributed by atoms with van der Waals surface area (Å²) in [4.78, 5) is 23.0. The van der Waals surface area contributed by atoms with Gasteiger partial charge in [0.1, 0.15) is 5.75 Å². The molecule has 1 aromatic rings. The molecule has 0 aliphatic rings. The summed E-state index contributed by atoms with van der Waals surface area (Å²) in [6, 6.07) is 0.485. The van der Waals surface area contributed by atoms with Crippen LogP contribution in [-0.4, -0.2) is 23.9 Å². The second-order valence-corrected chi connectivity index (χ2v) is 6.13. The number of rotatable bonds is 8. The molecule has 0 atom stereocenters. The quantitative estimate of drug-likeness (QED) is 0.176. The van der Waals surface area contributed by atoms with Crippen LogP contribution >= 0.6 is 15.9 Å². The summed E-state index contributed by atoms with van der Waals surface area (Å²) < 4.78 is 85.7. The number of hydrogen-bond acceptors (Lipinski definition) is 4. The van der Waals surface area contributed by atoms with E-state index in [-0.39, 0.29) is 24.8 Å². The van der Waals surface area contributed by atoms with E-state index in [1.54, 1.807) is 0 Å². The largest absolute Gasteiger partial charge is 0.466 e. The van der Waals surface area contributed by atoms with E-state index in [0.717, 1.165) is 11.8 Å². The van der Waals surface area contributed by atoms with Crippen molar-refractivity contribution in [3.8, 4) is 5.75 Å². The summed E-state index contributed by atoms with van der Waals surface area (Å²) in [6.07, 6.45) is -9.69. The first-order valence-electron chi connectivity index (χ1n) is 7.65. The van der Waals surface area contributed by atoms with Crippen LogP contribution in [0.3, 0.4) is 0 Å². The van der Waals surface area contributed by atoms with Crippen molar-refractivity contribution in [3.05, 3.63) is 29.3 Å². The molecule has 0 unspecified atom stereocenters.